The first-order valence-electron chi connectivity index (χ1n) is 11.4. The fraction of sp³-hybridized carbons (Fsp3) is 0.667. The number of ether oxygens (including phenoxy) is 2. The Morgan fingerprint density at radius 1 is 1.25 bits per heavy atom. The second-order valence-electron chi connectivity index (χ2n) is 9.26. The van der Waals surface area contributed by atoms with Gasteiger partial charge < -0.3 is 19.7 Å². The third-order valence-corrected chi connectivity index (χ3v) is 7.08. The molecular formula is C24H32O8. The molecule has 1 fully saturated rings. The molecule has 0 radical (unpaired) electrons. The standard InChI is InChI=1S/C24H32O8/c1-4-12(2)23(29)32-19-10-15(22(27)28)9-14-6-5-13(3)17(20(14)19)8-7-16-11-18(25)21(26)24(30)31-16/h5-6,9,12-13,15-20,25H,4,7-8,10-11H2,1-3H3,(H,27,28)/t12?,13-,15-,16+,17-,18+,19-,20-/m0/s1. The van der Waals surface area contributed by atoms with E-state index in [2.05, 4.69) is 6.92 Å². The maximum absolute atomic E-state index is 12.6. The van der Waals surface area contributed by atoms with Gasteiger partial charge in [0.2, 0.25) is 0 Å². The number of hydrogen-bond donors (Lipinski definition) is 2. The van der Waals surface area contributed by atoms with Crippen molar-refractivity contribution in [2.24, 2.45) is 29.6 Å². The number of carboxylic acids is 1. The van der Waals surface area contributed by atoms with E-state index in [1.54, 1.807) is 13.0 Å². The maximum atomic E-state index is 12.6. The largest absolute Gasteiger partial charge is 0.481 e. The van der Waals surface area contributed by atoms with E-state index in [0.717, 1.165) is 5.57 Å². The van der Waals surface area contributed by atoms with Gasteiger partial charge in [-0.25, -0.2) is 4.79 Å². The molecule has 0 aromatic carbocycles. The van der Waals surface area contributed by atoms with E-state index in [9.17, 15) is 29.4 Å². The second-order valence-corrected chi connectivity index (χ2v) is 9.26. The molecule has 1 aliphatic heterocycles. The van der Waals surface area contributed by atoms with Gasteiger partial charge >= 0.3 is 17.9 Å². The third-order valence-electron chi connectivity index (χ3n) is 7.08. The molecule has 8 heteroatoms. The highest BCUT2D eigenvalue weighted by Gasteiger charge is 2.44. The van der Waals surface area contributed by atoms with Gasteiger partial charge in [0, 0.05) is 18.8 Å². The van der Waals surface area contributed by atoms with Crippen LogP contribution in [0.2, 0.25) is 0 Å². The van der Waals surface area contributed by atoms with E-state index in [4.69, 9.17) is 9.47 Å². The summed E-state index contributed by atoms with van der Waals surface area (Å²) in [6.07, 6.45) is 5.23. The number of hydrogen-bond acceptors (Lipinski definition) is 7. The van der Waals surface area contributed by atoms with Gasteiger partial charge in [-0.2, -0.15) is 0 Å². The van der Waals surface area contributed by atoms with Crippen LogP contribution in [-0.4, -0.2) is 52.2 Å². The number of aliphatic hydroxyl groups excluding tert-OH is 1. The van der Waals surface area contributed by atoms with E-state index in [-0.39, 0.29) is 42.5 Å². The highest BCUT2D eigenvalue weighted by molar-refractivity contribution is 6.35. The lowest BCUT2D eigenvalue weighted by Crippen LogP contribution is -2.44. The average molecular weight is 449 g/mol. The zero-order chi connectivity index (χ0) is 23.6. The number of fused-ring (bicyclic) bond motifs is 1. The number of aliphatic carboxylic acids is 1. The summed E-state index contributed by atoms with van der Waals surface area (Å²) in [5.41, 5.74) is 0.851. The first-order chi connectivity index (χ1) is 15.1. The number of rotatable bonds is 7. The Morgan fingerprint density at radius 2 is 1.97 bits per heavy atom. The van der Waals surface area contributed by atoms with Crippen molar-refractivity contribution in [3.05, 3.63) is 23.8 Å². The summed E-state index contributed by atoms with van der Waals surface area (Å²) >= 11 is 0. The molecule has 3 rings (SSSR count). The molecule has 1 unspecified atom stereocenters. The van der Waals surface area contributed by atoms with Crippen molar-refractivity contribution in [1.82, 2.24) is 0 Å². The number of esters is 2. The summed E-state index contributed by atoms with van der Waals surface area (Å²) < 4.78 is 11.0. The molecule has 8 nitrogen and oxygen atoms in total. The van der Waals surface area contributed by atoms with Gasteiger partial charge in [-0.05, 0) is 36.7 Å². The molecule has 1 heterocycles. The third kappa shape index (κ3) is 5.11. The van der Waals surface area contributed by atoms with Crippen molar-refractivity contribution in [3.63, 3.8) is 0 Å². The minimum absolute atomic E-state index is 0.0317. The number of cyclic esters (lactones) is 1. The summed E-state index contributed by atoms with van der Waals surface area (Å²) in [6, 6.07) is 0. The van der Waals surface area contributed by atoms with Gasteiger partial charge in [0.15, 0.2) is 0 Å². The van der Waals surface area contributed by atoms with Crippen LogP contribution in [0.25, 0.3) is 0 Å². The monoisotopic (exact) mass is 448 g/mol. The van der Waals surface area contributed by atoms with Crippen LogP contribution < -0.4 is 0 Å². The van der Waals surface area contributed by atoms with Crippen LogP contribution >= 0.6 is 0 Å². The van der Waals surface area contributed by atoms with Crippen LogP contribution in [0.3, 0.4) is 0 Å². The number of carbonyl (C=O) groups excluding carboxylic acids is 3. The first kappa shape index (κ1) is 24.2. The molecule has 0 spiro atoms. The van der Waals surface area contributed by atoms with Crippen LogP contribution in [0.5, 0.6) is 0 Å². The molecule has 3 aliphatic rings. The molecule has 32 heavy (non-hydrogen) atoms. The zero-order valence-corrected chi connectivity index (χ0v) is 18.7. The van der Waals surface area contributed by atoms with E-state index >= 15 is 0 Å². The number of carboxylic acid groups (broad SMARTS) is 1. The normalized spacial score (nSPS) is 35.4. The predicted molar refractivity (Wildman–Crippen MR) is 113 cm³/mol. The topological polar surface area (TPSA) is 127 Å². The quantitative estimate of drug-likeness (QED) is 0.449. The smallest absolute Gasteiger partial charge is 0.377 e. The predicted octanol–water partition coefficient (Wildman–Crippen LogP) is 2.44. The molecule has 2 N–H and O–H groups in total. The van der Waals surface area contributed by atoms with Crippen molar-refractivity contribution < 1.29 is 38.9 Å². The van der Waals surface area contributed by atoms with Crippen LogP contribution in [0.15, 0.2) is 23.8 Å². The summed E-state index contributed by atoms with van der Waals surface area (Å²) in [5.74, 6) is -4.19. The van der Waals surface area contributed by atoms with Gasteiger partial charge in [-0.1, -0.05) is 39.0 Å². The molecular weight excluding hydrogens is 416 g/mol. The number of aliphatic hydroxyl groups is 1. The van der Waals surface area contributed by atoms with Crippen molar-refractivity contribution in [2.75, 3.05) is 0 Å². The minimum atomic E-state index is -1.34. The molecule has 1 saturated heterocycles. The Balaban J connectivity index is 1.80. The lowest BCUT2D eigenvalue weighted by Gasteiger charge is -2.43. The second kappa shape index (κ2) is 9.98. The van der Waals surface area contributed by atoms with Crippen molar-refractivity contribution in [3.8, 4) is 0 Å². The Bertz CT molecular complexity index is 828. The first-order valence-corrected chi connectivity index (χ1v) is 11.4. The SMILES string of the molecule is CCC(C)C(=O)O[C@H]1C[C@@H](C(=O)O)C=C2C=C[C@H](C)[C@H](CC[C@@H]3C[C@@H](O)C(=O)C(=O)O3)[C@H]21. The van der Waals surface area contributed by atoms with Gasteiger partial charge in [0.25, 0.3) is 5.78 Å². The summed E-state index contributed by atoms with van der Waals surface area (Å²) in [5, 5.41) is 19.4. The van der Waals surface area contributed by atoms with E-state index in [1.807, 2.05) is 19.1 Å². The van der Waals surface area contributed by atoms with Gasteiger partial charge in [-0.3, -0.25) is 14.4 Å². The molecule has 2 aliphatic carbocycles. The lowest BCUT2D eigenvalue weighted by molar-refractivity contribution is -0.170. The average Bonchev–Trinajstić information content (AvgIpc) is 2.75. The van der Waals surface area contributed by atoms with E-state index < -0.39 is 42.0 Å². The van der Waals surface area contributed by atoms with Crippen LogP contribution in [-0.2, 0) is 28.7 Å². The van der Waals surface area contributed by atoms with E-state index in [1.165, 1.54) is 0 Å². The van der Waals surface area contributed by atoms with Crippen molar-refractivity contribution in [1.29, 1.82) is 0 Å². The van der Waals surface area contributed by atoms with Crippen LogP contribution in [0.4, 0.5) is 0 Å². The molecule has 0 aromatic rings. The Labute approximate surface area is 187 Å². The minimum Gasteiger partial charge on any atom is -0.481 e. The Morgan fingerprint density at radius 3 is 2.59 bits per heavy atom. The number of ketones is 1. The molecule has 0 amide bonds. The molecule has 0 aromatic heterocycles. The Hall–Kier alpha value is -2.48. The number of Topliss-reactive ketones (excluding diaryl/α,β-unsaturated/α-hetero) is 1. The van der Waals surface area contributed by atoms with Gasteiger partial charge in [-0.15, -0.1) is 0 Å². The van der Waals surface area contributed by atoms with Crippen LogP contribution in [0.1, 0.15) is 52.9 Å². The van der Waals surface area contributed by atoms with Gasteiger partial charge in [0.05, 0.1) is 11.8 Å². The van der Waals surface area contributed by atoms with E-state index in [0.29, 0.717) is 19.3 Å². The summed E-state index contributed by atoms with van der Waals surface area (Å²) in [6.45, 7) is 5.75. The fourth-order valence-corrected chi connectivity index (χ4v) is 4.92. The van der Waals surface area contributed by atoms with Gasteiger partial charge in [0.1, 0.15) is 18.3 Å². The molecule has 0 bridgehead atoms. The fourth-order valence-electron chi connectivity index (χ4n) is 4.92. The Kier molecular flexibility index (Phi) is 7.54. The molecule has 0 saturated carbocycles. The zero-order valence-electron chi connectivity index (χ0n) is 18.7. The highest BCUT2D eigenvalue weighted by Crippen LogP contribution is 2.45. The lowest BCUT2D eigenvalue weighted by atomic mass is 9.65. The number of allylic oxidation sites excluding steroid dienone is 2. The molecule has 8 atom stereocenters. The van der Waals surface area contributed by atoms with Crippen molar-refractivity contribution >= 4 is 23.7 Å². The highest BCUT2D eigenvalue weighted by atomic mass is 16.6. The number of carbonyl (C=O) groups is 4. The van der Waals surface area contributed by atoms with Crippen molar-refractivity contribution in [2.45, 2.75) is 71.2 Å². The van der Waals surface area contributed by atoms with Crippen LogP contribution in [0, 0.1) is 29.6 Å². The molecule has 176 valence electrons. The maximum Gasteiger partial charge on any atom is 0.377 e. The summed E-state index contributed by atoms with van der Waals surface area (Å²) in [4.78, 5) is 47.4. The summed E-state index contributed by atoms with van der Waals surface area (Å²) in [7, 11) is 0.